The molecule has 0 heterocycles. The van der Waals surface area contributed by atoms with E-state index < -0.39 is 5.97 Å². The summed E-state index contributed by atoms with van der Waals surface area (Å²) in [4.78, 5) is 10.4. The Morgan fingerprint density at radius 2 is 1.35 bits per heavy atom. The second kappa shape index (κ2) is 11.2. The van der Waals surface area contributed by atoms with Crippen LogP contribution in [0.3, 0.4) is 0 Å². The third-order valence-electron chi connectivity index (χ3n) is 4.71. The van der Waals surface area contributed by atoms with E-state index in [0.29, 0.717) is 6.42 Å². The van der Waals surface area contributed by atoms with Crippen molar-refractivity contribution < 1.29 is 9.90 Å². The van der Waals surface area contributed by atoms with Crippen molar-refractivity contribution in [3.05, 3.63) is 0 Å². The van der Waals surface area contributed by atoms with E-state index in [2.05, 4.69) is 6.92 Å². The molecule has 0 saturated heterocycles. The number of carboxylic acids is 1. The van der Waals surface area contributed by atoms with Gasteiger partial charge in [-0.25, -0.2) is 0 Å². The summed E-state index contributed by atoms with van der Waals surface area (Å²) in [6.07, 6.45) is 17.7. The van der Waals surface area contributed by atoms with Crippen LogP contribution in [0.5, 0.6) is 0 Å². The van der Waals surface area contributed by atoms with Crippen molar-refractivity contribution in [1.82, 2.24) is 0 Å². The Hall–Kier alpha value is -0.530. The molecule has 118 valence electrons. The van der Waals surface area contributed by atoms with Crippen LogP contribution in [0.2, 0.25) is 0 Å². The SMILES string of the molecule is CCCCCC[C@@H]1C[C@@H]1CCCCCCCCC(=O)O. The molecule has 1 aliphatic rings. The molecular formula is C18H34O2. The second-order valence-corrected chi connectivity index (χ2v) is 6.66. The maximum absolute atomic E-state index is 10.4. The maximum Gasteiger partial charge on any atom is 0.303 e. The van der Waals surface area contributed by atoms with Crippen molar-refractivity contribution in [2.24, 2.45) is 11.8 Å². The summed E-state index contributed by atoms with van der Waals surface area (Å²) < 4.78 is 0. The molecule has 2 heteroatoms. The first-order valence-corrected chi connectivity index (χ1v) is 8.95. The van der Waals surface area contributed by atoms with Crippen molar-refractivity contribution in [1.29, 1.82) is 0 Å². The van der Waals surface area contributed by atoms with Crippen molar-refractivity contribution in [3.8, 4) is 0 Å². The first-order chi connectivity index (χ1) is 9.74. The van der Waals surface area contributed by atoms with E-state index in [9.17, 15) is 4.79 Å². The van der Waals surface area contributed by atoms with E-state index >= 15 is 0 Å². The molecule has 0 amide bonds. The first kappa shape index (κ1) is 17.5. The number of unbranched alkanes of at least 4 members (excludes halogenated alkanes) is 8. The van der Waals surface area contributed by atoms with Gasteiger partial charge in [-0.1, -0.05) is 77.6 Å². The van der Waals surface area contributed by atoms with Gasteiger partial charge in [0.2, 0.25) is 0 Å². The zero-order valence-corrected chi connectivity index (χ0v) is 13.4. The number of rotatable bonds is 14. The molecule has 1 saturated carbocycles. The molecule has 0 aromatic rings. The Morgan fingerprint density at radius 1 is 0.850 bits per heavy atom. The number of aliphatic carboxylic acids is 1. The third kappa shape index (κ3) is 9.39. The minimum atomic E-state index is -0.649. The van der Waals surface area contributed by atoms with Gasteiger partial charge in [0.15, 0.2) is 0 Å². The van der Waals surface area contributed by atoms with Crippen LogP contribution in [0.4, 0.5) is 0 Å². The summed E-state index contributed by atoms with van der Waals surface area (Å²) in [5.41, 5.74) is 0. The standard InChI is InChI=1S/C18H34O2/c1-2-3-4-9-12-16-15-17(16)13-10-7-5-6-8-11-14-18(19)20/h16-17H,2-15H2,1H3,(H,19,20)/t16-,17+/m1/s1. The molecule has 0 radical (unpaired) electrons. The Labute approximate surface area is 125 Å². The average Bonchev–Trinajstić information content (AvgIpc) is 3.16. The summed E-state index contributed by atoms with van der Waals surface area (Å²) in [6.45, 7) is 2.28. The predicted octanol–water partition coefficient (Wildman–Crippen LogP) is 5.80. The Kier molecular flexibility index (Phi) is 9.78. The molecule has 0 spiro atoms. The van der Waals surface area contributed by atoms with Gasteiger partial charge in [-0.05, 0) is 24.7 Å². The maximum atomic E-state index is 10.4. The molecule has 0 aromatic carbocycles. The van der Waals surface area contributed by atoms with Gasteiger partial charge in [-0.15, -0.1) is 0 Å². The van der Waals surface area contributed by atoms with Crippen LogP contribution in [-0.2, 0) is 4.79 Å². The van der Waals surface area contributed by atoms with E-state index in [1.807, 2.05) is 0 Å². The molecule has 0 aromatic heterocycles. The van der Waals surface area contributed by atoms with Crippen molar-refractivity contribution in [2.75, 3.05) is 0 Å². The van der Waals surface area contributed by atoms with E-state index in [1.54, 1.807) is 0 Å². The Bertz CT molecular complexity index is 250. The normalized spacial score (nSPS) is 21.1. The van der Waals surface area contributed by atoms with Crippen LogP contribution >= 0.6 is 0 Å². The molecular weight excluding hydrogens is 248 g/mol. The van der Waals surface area contributed by atoms with Crippen LogP contribution in [0.25, 0.3) is 0 Å². The van der Waals surface area contributed by atoms with Gasteiger partial charge < -0.3 is 5.11 Å². The predicted molar refractivity (Wildman–Crippen MR) is 84.9 cm³/mol. The van der Waals surface area contributed by atoms with E-state index in [-0.39, 0.29) is 0 Å². The summed E-state index contributed by atoms with van der Waals surface area (Å²) in [7, 11) is 0. The lowest BCUT2D eigenvalue weighted by Crippen LogP contribution is -1.93. The monoisotopic (exact) mass is 282 g/mol. The molecule has 2 nitrogen and oxygen atoms in total. The Morgan fingerprint density at radius 3 is 1.90 bits per heavy atom. The molecule has 1 fully saturated rings. The van der Waals surface area contributed by atoms with Crippen molar-refractivity contribution in [2.45, 2.75) is 96.8 Å². The van der Waals surface area contributed by atoms with Gasteiger partial charge in [-0.3, -0.25) is 4.79 Å². The lowest BCUT2D eigenvalue weighted by molar-refractivity contribution is -0.137. The quantitative estimate of drug-likeness (QED) is 0.409. The molecule has 2 atom stereocenters. The number of hydrogen-bond donors (Lipinski definition) is 1. The Balaban J connectivity index is 1.76. The van der Waals surface area contributed by atoms with Crippen molar-refractivity contribution >= 4 is 5.97 Å². The molecule has 0 aliphatic heterocycles. The highest BCUT2D eigenvalue weighted by Crippen LogP contribution is 2.45. The van der Waals surface area contributed by atoms with E-state index in [1.165, 1.54) is 70.6 Å². The molecule has 1 aliphatic carbocycles. The molecule has 1 N–H and O–H groups in total. The minimum absolute atomic E-state index is 0.349. The second-order valence-electron chi connectivity index (χ2n) is 6.66. The summed E-state index contributed by atoms with van der Waals surface area (Å²) in [6, 6.07) is 0. The number of hydrogen-bond acceptors (Lipinski definition) is 1. The van der Waals surface area contributed by atoms with Crippen LogP contribution in [0, 0.1) is 11.8 Å². The summed E-state index contributed by atoms with van der Waals surface area (Å²) >= 11 is 0. The topological polar surface area (TPSA) is 37.3 Å². The highest BCUT2D eigenvalue weighted by Gasteiger charge is 2.34. The lowest BCUT2D eigenvalue weighted by atomic mass is 10.0. The average molecular weight is 282 g/mol. The zero-order valence-electron chi connectivity index (χ0n) is 13.4. The van der Waals surface area contributed by atoms with Gasteiger partial charge in [0, 0.05) is 6.42 Å². The molecule has 20 heavy (non-hydrogen) atoms. The van der Waals surface area contributed by atoms with Crippen LogP contribution < -0.4 is 0 Å². The van der Waals surface area contributed by atoms with E-state index in [0.717, 1.165) is 24.7 Å². The number of carbonyl (C=O) groups is 1. The third-order valence-corrected chi connectivity index (χ3v) is 4.71. The summed E-state index contributed by atoms with van der Waals surface area (Å²) in [5.74, 6) is 1.48. The van der Waals surface area contributed by atoms with Gasteiger partial charge in [0.1, 0.15) is 0 Å². The highest BCUT2D eigenvalue weighted by atomic mass is 16.4. The largest absolute Gasteiger partial charge is 0.481 e. The smallest absolute Gasteiger partial charge is 0.303 e. The summed E-state index contributed by atoms with van der Waals surface area (Å²) in [5, 5.41) is 8.54. The van der Waals surface area contributed by atoms with Crippen LogP contribution in [0.15, 0.2) is 0 Å². The van der Waals surface area contributed by atoms with Crippen LogP contribution in [0.1, 0.15) is 96.8 Å². The van der Waals surface area contributed by atoms with E-state index in [4.69, 9.17) is 5.11 Å². The molecule has 0 unspecified atom stereocenters. The van der Waals surface area contributed by atoms with Gasteiger partial charge >= 0.3 is 5.97 Å². The highest BCUT2D eigenvalue weighted by molar-refractivity contribution is 5.66. The first-order valence-electron chi connectivity index (χ1n) is 8.95. The van der Waals surface area contributed by atoms with Crippen molar-refractivity contribution in [3.63, 3.8) is 0 Å². The molecule has 0 bridgehead atoms. The van der Waals surface area contributed by atoms with Gasteiger partial charge in [0.05, 0.1) is 0 Å². The molecule has 1 rings (SSSR count). The zero-order chi connectivity index (χ0) is 14.6. The lowest BCUT2D eigenvalue weighted by Gasteiger charge is -2.02. The van der Waals surface area contributed by atoms with Crippen LogP contribution in [-0.4, -0.2) is 11.1 Å². The fourth-order valence-corrected chi connectivity index (χ4v) is 3.24. The fraction of sp³-hybridized carbons (Fsp3) is 0.944. The number of carboxylic acid groups (broad SMARTS) is 1. The van der Waals surface area contributed by atoms with Gasteiger partial charge in [-0.2, -0.15) is 0 Å². The minimum Gasteiger partial charge on any atom is -0.481 e. The fourth-order valence-electron chi connectivity index (χ4n) is 3.24. The van der Waals surface area contributed by atoms with Gasteiger partial charge in [0.25, 0.3) is 0 Å².